The van der Waals surface area contributed by atoms with Gasteiger partial charge in [0.25, 0.3) is 5.91 Å². The number of halogens is 4. The number of carbonyl (C=O) groups excluding carboxylic acids is 2. The van der Waals surface area contributed by atoms with Crippen LogP contribution in [-0.2, 0) is 10.2 Å². The number of fused-ring (bicyclic) bond motifs is 3. The number of alkyl halides is 3. The van der Waals surface area contributed by atoms with E-state index in [9.17, 15) is 22.8 Å². The molecular formula is C31H31BrF3N3O2. The zero-order valence-electron chi connectivity index (χ0n) is 22.0. The molecule has 3 aromatic rings. The van der Waals surface area contributed by atoms with Crippen LogP contribution in [0.3, 0.4) is 0 Å². The van der Waals surface area contributed by atoms with Crippen molar-refractivity contribution in [2.75, 3.05) is 39.3 Å². The minimum absolute atomic E-state index is 0.0197. The van der Waals surface area contributed by atoms with Crippen LogP contribution in [0, 0.1) is 0 Å². The summed E-state index contributed by atoms with van der Waals surface area (Å²) in [5.41, 5.74) is 2.80. The van der Waals surface area contributed by atoms with E-state index in [0.29, 0.717) is 31.5 Å². The third kappa shape index (κ3) is 5.81. The maximum Gasteiger partial charge on any atom is 0.405 e. The van der Waals surface area contributed by atoms with Gasteiger partial charge in [-0.2, -0.15) is 13.2 Å². The van der Waals surface area contributed by atoms with Crippen molar-refractivity contribution in [1.82, 2.24) is 15.1 Å². The maximum atomic E-state index is 13.6. The van der Waals surface area contributed by atoms with E-state index >= 15 is 0 Å². The van der Waals surface area contributed by atoms with E-state index < -0.39 is 24.0 Å². The van der Waals surface area contributed by atoms with Gasteiger partial charge in [0, 0.05) is 36.2 Å². The Labute approximate surface area is 240 Å². The van der Waals surface area contributed by atoms with Crippen molar-refractivity contribution in [3.63, 3.8) is 0 Å². The average Bonchev–Trinajstić information content (AvgIpc) is 3.24. The van der Waals surface area contributed by atoms with Crippen LogP contribution in [-0.4, -0.2) is 67.1 Å². The molecule has 0 spiro atoms. The number of nitrogens with zero attached hydrogens (tertiary/aromatic N) is 2. The second kappa shape index (κ2) is 11.7. The quantitative estimate of drug-likeness (QED) is 0.316. The van der Waals surface area contributed by atoms with Gasteiger partial charge in [0.15, 0.2) is 0 Å². The van der Waals surface area contributed by atoms with E-state index in [-0.39, 0.29) is 5.91 Å². The first kappa shape index (κ1) is 28.4. The summed E-state index contributed by atoms with van der Waals surface area (Å²) in [5.74, 6) is -0.590. The predicted octanol–water partition coefficient (Wildman–Crippen LogP) is 6.02. The molecule has 1 aliphatic carbocycles. The lowest BCUT2D eigenvalue weighted by atomic mass is 9.73. The molecule has 40 heavy (non-hydrogen) atoms. The molecule has 1 fully saturated rings. The van der Waals surface area contributed by atoms with Crippen LogP contribution in [0.15, 0.2) is 77.3 Å². The van der Waals surface area contributed by atoms with Crippen molar-refractivity contribution in [1.29, 1.82) is 0 Å². The smallest absolute Gasteiger partial charge is 0.346 e. The van der Waals surface area contributed by atoms with Crippen molar-refractivity contribution in [3.8, 4) is 11.1 Å². The van der Waals surface area contributed by atoms with Crippen LogP contribution in [0.1, 0.15) is 40.7 Å². The number of hydrogen-bond acceptors (Lipinski definition) is 3. The highest BCUT2D eigenvalue weighted by atomic mass is 79.9. The molecule has 0 bridgehead atoms. The van der Waals surface area contributed by atoms with Gasteiger partial charge in [-0.1, -0.05) is 76.9 Å². The van der Waals surface area contributed by atoms with Gasteiger partial charge in [0.1, 0.15) is 12.0 Å². The first-order valence-corrected chi connectivity index (χ1v) is 14.3. The number of carbonyl (C=O) groups is 2. The fourth-order valence-electron chi connectivity index (χ4n) is 5.99. The van der Waals surface area contributed by atoms with Crippen LogP contribution >= 0.6 is 15.9 Å². The minimum Gasteiger partial charge on any atom is -0.346 e. The van der Waals surface area contributed by atoms with Crippen molar-refractivity contribution >= 4 is 27.7 Å². The van der Waals surface area contributed by atoms with E-state index in [4.69, 9.17) is 0 Å². The van der Waals surface area contributed by atoms with E-state index in [1.165, 1.54) is 0 Å². The number of rotatable bonds is 8. The second-order valence-corrected chi connectivity index (χ2v) is 11.3. The topological polar surface area (TPSA) is 52.7 Å². The fraction of sp³-hybridized carbons (Fsp3) is 0.355. The molecule has 3 aromatic carbocycles. The second-order valence-electron chi connectivity index (χ2n) is 10.4. The number of unbranched alkanes of at least 4 members (excludes halogenated alkanes) is 1. The van der Waals surface area contributed by atoms with Crippen LogP contribution in [0.5, 0.6) is 0 Å². The summed E-state index contributed by atoms with van der Waals surface area (Å²) >= 11 is 3.42. The molecule has 1 N–H and O–H groups in total. The molecule has 0 unspecified atom stereocenters. The van der Waals surface area contributed by atoms with Crippen molar-refractivity contribution in [3.05, 3.63) is 94.0 Å². The fourth-order valence-corrected chi connectivity index (χ4v) is 6.39. The highest BCUT2D eigenvalue weighted by Gasteiger charge is 2.49. The molecule has 5 nitrogen and oxygen atoms in total. The van der Waals surface area contributed by atoms with Crippen molar-refractivity contribution in [2.24, 2.45) is 0 Å². The maximum absolute atomic E-state index is 13.6. The largest absolute Gasteiger partial charge is 0.405 e. The van der Waals surface area contributed by atoms with Gasteiger partial charge < -0.3 is 10.2 Å². The molecule has 2 aliphatic rings. The van der Waals surface area contributed by atoms with Crippen LogP contribution in [0.2, 0.25) is 0 Å². The molecule has 0 atom stereocenters. The third-order valence-electron chi connectivity index (χ3n) is 7.91. The zero-order valence-corrected chi connectivity index (χ0v) is 23.6. The molecule has 5 rings (SSSR count). The summed E-state index contributed by atoms with van der Waals surface area (Å²) < 4.78 is 40.1. The van der Waals surface area contributed by atoms with Gasteiger partial charge in [-0.25, -0.2) is 0 Å². The molecule has 0 saturated carbocycles. The number of benzene rings is 3. The van der Waals surface area contributed by atoms with Gasteiger partial charge in [0.05, 0.1) is 0 Å². The monoisotopic (exact) mass is 613 g/mol. The lowest BCUT2D eigenvalue weighted by Crippen LogP contribution is -2.49. The molecule has 0 aromatic heterocycles. The summed E-state index contributed by atoms with van der Waals surface area (Å²) in [6.07, 6.45) is -2.63. The number of hydrogen-bond donors (Lipinski definition) is 1. The summed E-state index contributed by atoms with van der Waals surface area (Å²) in [6.45, 7) is 2.21. The molecule has 1 saturated heterocycles. The van der Waals surface area contributed by atoms with Crippen LogP contribution in [0.25, 0.3) is 11.1 Å². The molecule has 1 heterocycles. The average molecular weight is 615 g/mol. The summed E-state index contributed by atoms with van der Waals surface area (Å²) in [5, 5.41) is 2.20. The van der Waals surface area contributed by atoms with Crippen LogP contribution < -0.4 is 5.32 Å². The van der Waals surface area contributed by atoms with E-state index in [2.05, 4.69) is 26.1 Å². The molecule has 0 radical (unpaired) electrons. The highest BCUT2D eigenvalue weighted by Crippen LogP contribution is 2.51. The Bertz CT molecular complexity index is 1340. The van der Waals surface area contributed by atoms with E-state index in [0.717, 1.165) is 52.8 Å². The third-order valence-corrected chi connectivity index (χ3v) is 8.40. The van der Waals surface area contributed by atoms with Crippen LogP contribution in [0.4, 0.5) is 13.2 Å². The van der Waals surface area contributed by atoms with E-state index in [1.807, 2.05) is 77.7 Å². The Morgan fingerprint density at radius 2 is 1.48 bits per heavy atom. The molecule has 9 heteroatoms. The SMILES string of the molecule is O=C(c1cccc(Br)c1)N1CCN(CCCCC2(C(=O)NCC(F)(F)F)c3ccccc3-c3ccccc32)CC1. The van der Waals surface area contributed by atoms with Gasteiger partial charge in [-0.15, -0.1) is 0 Å². The normalized spacial score (nSPS) is 16.4. The Hall–Kier alpha value is -3.17. The highest BCUT2D eigenvalue weighted by molar-refractivity contribution is 9.10. The lowest BCUT2D eigenvalue weighted by Gasteiger charge is -2.35. The van der Waals surface area contributed by atoms with E-state index in [1.54, 1.807) is 0 Å². The Kier molecular flexibility index (Phi) is 8.33. The molecule has 2 amide bonds. The van der Waals surface area contributed by atoms with Gasteiger partial charge in [0.2, 0.25) is 5.91 Å². The number of piperazine rings is 1. The van der Waals surface area contributed by atoms with Gasteiger partial charge in [-0.3, -0.25) is 14.5 Å². The van der Waals surface area contributed by atoms with Gasteiger partial charge in [-0.05, 0) is 59.8 Å². The van der Waals surface area contributed by atoms with Gasteiger partial charge >= 0.3 is 6.18 Å². The lowest BCUT2D eigenvalue weighted by molar-refractivity contribution is -0.141. The number of nitrogens with one attached hydrogen (secondary N) is 1. The van der Waals surface area contributed by atoms with Crippen molar-refractivity contribution in [2.45, 2.75) is 30.9 Å². The minimum atomic E-state index is -4.49. The van der Waals surface area contributed by atoms with Crippen molar-refractivity contribution < 1.29 is 22.8 Å². The standard InChI is InChI=1S/C31H31BrF3N3O2/c32-23-9-7-8-22(20-23)28(39)38-18-16-37(17-19-38)15-6-5-14-30(29(40)36-21-31(33,34)35)26-12-3-1-10-24(26)25-11-2-4-13-27(25)30/h1-4,7-13,20H,5-6,14-19,21H2,(H,36,40). The Morgan fingerprint density at radius 1 is 0.850 bits per heavy atom. The number of amides is 2. The first-order valence-electron chi connectivity index (χ1n) is 13.5. The zero-order chi connectivity index (χ0) is 28.3. The first-order chi connectivity index (χ1) is 19.2. The summed E-state index contributed by atoms with van der Waals surface area (Å²) in [7, 11) is 0. The predicted molar refractivity (Wildman–Crippen MR) is 152 cm³/mol. The molecule has 210 valence electrons. The summed E-state index contributed by atoms with van der Waals surface area (Å²) in [6, 6.07) is 22.4. The Morgan fingerprint density at radius 3 is 2.08 bits per heavy atom. The Balaban J connectivity index is 1.24. The molecule has 1 aliphatic heterocycles. The summed E-state index contributed by atoms with van der Waals surface area (Å²) in [4.78, 5) is 30.6. The molecular weight excluding hydrogens is 583 g/mol.